The number of aromatic nitrogens is 3. The molecule has 1 saturated heterocycles. The second-order valence-electron chi connectivity index (χ2n) is 8.26. The molecule has 5 rings (SSSR count). The molecule has 1 aliphatic heterocycles. The minimum Gasteiger partial charge on any atom is -0.496 e. The zero-order chi connectivity index (χ0) is 20.6. The zero-order valence-electron chi connectivity index (χ0n) is 17.3. The molecule has 0 radical (unpaired) electrons. The van der Waals surface area contributed by atoms with Crippen molar-refractivity contribution in [3.8, 4) is 18.1 Å². The highest BCUT2D eigenvalue weighted by molar-refractivity contribution is 7.99. The molecule has 1 aromatic carbocycles. The summed E-state index contributed by atoms with van der Waals surface area (Å²) in [5.41, 5.74) is 1.28. The van der Waals surface area contributed by atoms with Gasteiger partial charge >= 0.3 is 0 Å². The number of benzene rings is 1. The van der Waals surface area contributed by atoms with Gasteiger partial charge in [0.15, 0.2) is 5.65 Å². The molecular formula is C24H26N4OS. The molecular weight excluding hydrogens is 392 g/mol. The van der Waals surface area contributed by atoms with Gasteiger partial charge in [0.2, 0.25) is 5.95 Å². The van der Waals surface area contributed by atoms with Crippen LogP contribution in [-0.2, 0) is 0 Å². The van der Waals surface area contributed by atoms with E-state index < -0.39 is 0 Å². The molecule has 1 aliphatic carbocycles. The van der Waals surface area contributed by atoms with E-state index in [0.29, 0.717) is 11.3 Å². The van der Waals surface area contributed by atoms with Crippen molar-refractivity contribution in [3.05, 3.63) is 42.9 Å². The van der Waals surface area contributed by atoms with Gasteiger partial charge in [-0.25, -0.2) is 9.97 Å². The van der Waals surface area contributed by atoms with Crippen LogP contribution in [0.1, 0.15) is 32.1 Å². The first-order valence-corrected chi connectivity index (χ1v) is 11.4. The molecule has 5 nitrogen and oxygen atoms in total. The molecule has 3 heterocycles. The number of hydrogen-bond donors (Lipinski definition) is 0. The van der Waals surface area contributed by atoms with Crippen molar-refractivity contribution in [2.75, 3.05) is 25.1 Å². The van der Waals surface area contributed by atoms with Gasteiger partial charge in [0.05, 0.1) is 16.9 Å². The number of hydrogen-bond acceptors (Lipinski definition) is 5. The Labute approximate surface area is 181 Å². The van der Waals surface area contributed by atoms with Crippen molar-refractivity contribution in [3.63, 3.8) is 0 Å². The van der Waals surface area contributed by atoms with Crippen molar-refractivity contribution in [2.45, 2.75) is 41.9 Å². The van der Waals surface area contributed by atoms with E-state index >= 15 is 0 Å². The Balaban J connectivity index is 1.41. The first-order valence-electron chi connectivity index (χ1n) is 10.6. The third-order valence-electron chi connectivity index (χ3n) is 6.81. The maximum absolute atomic E-state index is 5.85. The van der Waals surface area contributed by atoms with E-state index in [1.165, 1.54) is 19.3 Å². The molecule has 2 aromatic heterocycles. The van der Waals surface area contributed by atoms with E-state index in [2.05, 4.69) is 26.3 Å². The van der Waals surface area contributed by atoms with Crippen LogP contribution in [0.5, 0.6) is 5.75 Å². The Morgan fingerprint density at radius 2 is 2.00 bits per heavy atom. The van der Waals surface area contributed by atoms with Crippen molar-refractivity contribution in [2.24, 2.45) is 11.3 Å². The van der Waals surface area contributed by atoms with Gasteiger partial charge in [0.25, 0.3) is 0 Å². The lowest BCUT2D eigenvalue weighted by Crippen LogP contribution is -2.42. The van der Waals surface area contributed by atoms with E-state index in [0.717, 1.165) is 53.1 Å². The third-order valence-corrected chi connectivity index (χ3v) is 7.88. The van der Waals surface area contributed by atoms with Gasteiger partial charge in [-0.05, 0) is 43.2 Å². The highest BCUT2D eigenvalue weighted by Crippen LogP contribution is 2.50. The Morgan fingerprint density at radius 1 is 1.17 bits per heavy atom. The minimum atomic E-state index is 0.346. The lowest BCUT2D eigenvalue weighted by molar-refractivity contribution is 0.184. The summed E-state index contributed by atoms with van der Waals surface area (Å²) in [6.07, 6.45) is 17.7. The van der Waals surface area contributed by atoms with Crippen LogP contribution in [0.15, 0.2) is 52.6 Å². The van der Waals surface area contributed by atoms with Crippen LogP contribution >= 0.6 is 11.8 Å². The second-order valence-corrected chi connectivity index (χ2v) is 9.34. The topological polar surface area (TPSA) is 42.7 Å². The summed E-state index contributed by atoms with van der Waals surface area (Å²) in [5, 5.41) is 0. The summed E-state index contributed by atoms with van der Waals surface area (Å²) in [6, 6.07) is 8.03. The van der Waals surface area contributed by atoms with Gasteiger partial charge < -0.3 is 9.64 Å². The van der Waals surface area contributed by atoms with Gasteiger partial charge in [-0.1, -0.05) is 30.3 Å². The summed E-state index contributed by atoms with van der Waals surface area (Å²) < 4.78 is 7.62. The smallest absolute Gasteiger partial charge is 0.211 e. The van der Waals surface area contributed by atoms with Crippen LogP contribution < -0.4 is 9.64 Å². The van der Waals surface area contributed by atoms with Crippen molar-refractivity contribution >= 4 is 23.4 Å². The van der Waals surface area contributed by atoms with E-state index in [9.17, 15) is 0 Å². The first kappa shape index (κ1) is 19.3. The molecule has 6 heteroatoms. The maximum atomic E-state index is 5.85. The molecule has 3 aromatic rings. The summed E-state index contributed by atoms with van der Waals surface area (Å²) >= 11 is 1.64. The van der Waals surface area contributed by atoms with Gasteiger partial charge in [-0.3, -0.25) is 4.40 Å². The van der Waals surface area contributed by atoms with Crippen molar-refractivity contribution in [1.29, 1.82) is 0 Å². The number of terminal acetylenes is 1. The second kappa shape index (κ2) is 7.88. The SMILES string of the molecule is C#CC1CCCC12CCN(c1ncc(Sc3ccccc3OC)c3nccn13)CC2. The normalized spacial score (nSPS) is 20.5. The summed E-state index contributed by atoms with van der Waals surface area (Å²) in [6.45, 7) is 1.99. The van der Waals surface area contributed by atoms with Crippen LogP contribution in [-0.4, -0.2) is 34.6 Å². The molecule has 30 heavy (non-hydrogen) atoms. The molecule has 2 aliphatic rings. The number of piperidine rings is 1. The quantitative estimate of drug-likeness (QED) is 0.563. The van der Waals surface area contributed by atoms with Crippen LogP contribution in [0, 0.1) is 23.7 Å². The lowest BCUT2D eigenvalue weighted by Gasteiger charge is -2.42. The number of fused-ring (bicyclic) bond motifs is 1. The fraction of sp³-hybridized carbons (Fsp3) is 0.417. The Kier molecular flexibility index (Phi) is 5.08. The van der Waals surface area contributed by atoms with Crippen LogP contribution in [0.4, 0.5) is 5.95 Å². The number of anilines is 1. The average Bonchev–Trinajstić information content (AvgIpc) is 3.43. The molecule has 154 valence electrons. The molecule has 2 fully saturated rings. The first-order chi connectivity index (χ1) is 14.7. The van der Waals surface area contributed by atoms with Crippen molar-refractivity contribution in [1.82, 2.24) is 14.4 Å². The van der Waals surface area contributed by atoms with Gasteiger partial charge in [-0.2, -0.15) is 0 Å². The number of rotatable bonds is 4. The fourth-order valence-electron chi connectivity index (χ4n) is 5.16. The largest absolute Gasteiger partial charge is 0.496 e. The Bertz CT molecular complexity index is 1090. The molecule has 1 spiro atoms. The predicted octanol–water partition coefficient (Wildman–Crippen LogP) is 4.91. The zero-order valence-corrected chi connectivity index (χ0v) is 18.1. The monoisotopic (exact) mass is 418 g/mol. The van der Waals surface area contributed by atoms with E-state index in [-0.39, 0.29) is 0 Å². The molecule has 0 bridgehead atoms. The Hall–Kier alpha value is -2.65. The molecule has 1 saturated carbocycles. The van der Waals surface area contributed by atoms with Crippen LogP contribution in [0.2, 0.25) is 0 Å². The number of methoxy groups -OCH3 is 1. The molecule has 1 atom stereocenters. The highest BCUT2D eigenvalue weighted by Gasteiger charge is 2.44. The number of nitrogens with zero attached hydrogens (tertiary/aromatic N) is 4. The standard InChI is InChI=1S/C24H26N4OS/c1-3-18-7-6-10-24(18)11-14-27(15-12-24)23-26-17-21(22-25-13-16-28(22)23)30-20-9-5-4-8-19(20)29-2/h1,4-5,8-9,13,16-18H,6-7,10-12,14-15H2,2H3. The minimum absolute atomic E-state index is 0.346. The molecule has 0 N–H and O–H groups in total. The predicted molar refractivity (Wildman–Crippen MR) is 120 cm³/mol. The van der Waals surface area contributed by atoms with Gasteiger partial charge in [-0.15, -0.1) is 12.3 Å². The van der Waals surface area contributed by atoms with E-state index in [1.807, 2.05) is 36.8 Å². The summed E-state index contributed by atoms with van der Waals surface area (Å²) in [5.74, 6) is 5.36. The Morgan fingerprint density at radius 3 is 2.80 bits per heavy atom. The highest BCUT2D eigenvalue weighted by atomic mass is 32.2. The fourth-order valence-corrected chi connectivity index (χ4v) is 6.14. The average molecular weight is 419 g/mol. The number of imidazole rings is 1. The van der Waals surface area contributed by atoms with Crippen LogP contribution in [0.25, 0.3) is 5.65 Å². The molecule has 0 amide bonds. The summed E-state index contributed by atoms with van der Waals surface area (Å²) in [7, 11) is 1.70. The maximum Gasteiger partial charge on any atom is 0.211 e. The van der Waals surface area contributed by atoms with Crippen LogP contribution in [0.3, 0.4) is 0 Å². The van der Waals surface area contributed by atoms with E-state index in [1.54, 1.807) is 18.9 Å². The van der Waals surface area contributed by atoms with Gasteiger partial charge in [0, 0.05) is 37.6 Å². The number of ether oxygens (including phenoxy) is 1. The number of para-hydroxylation sites is 1. The lowest BCUT2D eigenvalue weighted by atomic mass is 9.71. The van der Waals surface area contributed by atoms with Gasteiger partial charge in [0.1, 0.15) is 5.75 Å². The van der Waals surface area contributed by atoms with E-state index in [4.69, 9.17) is 16.1 Å². The third kappa shape index (κ3) is 3.22. The summed E-state index contributed by atoms with van der Waals surface area (Å²) in [4.78, 5) is 14.0. The van der Waals surface area contributed by atoms with Crippen molar-refractivity contribution < 1.29 is 4.74 Å². The molecule has 1 unspecified atom stereocenters.